The van der Waals surface area contributed by atoms with Crippen LogP contribution in [0.3, 0.4) is 0 Å². The highest BCUT2D eigenvalue weighted by molar-refractivity contribution is 4.93. The lowest BCUT2D eigenvalue weighted by atomic mass is 9.85. The van der Waals surface area contributed by atoms with Gasteiger partial charge in [0, 0.05) is 19.3 Å². The fourth-order valence-electron chi connectivity index (χ4n) is 3.08. The van der Waals surface area contributed by atoms with Gasteiger partial charge in [-0.05, 0) is 50.5 Å². The van der Waals surface area contributed by atoms with E-state index in [2.05, 4.69) is 24.4 Å². The Hall–Kier alpha value is -0.340. The number of hydrogen-bond donors (Lipinski definition) is 1. The van der Waals surface area contributed by atoms with Crippen molar-refractivity contribution in [3.05, 3.63) is 12.2 Å². The lowest BCUT2D eigenvalue weighted by molar-refractivity contribution is 0.0773. The number of nitrogens with one attached hydrogen (secondary N) is 1. The third kappa shape index (κ3) is 4.74. The zero-order valence-electron chi connectivity index (χ0n) is 11.9. The Morgan fingerprint density at radius 1 is 1.17 bits per heavy atom. The fraction of sp³-hybridized carbons (Fsp3) is 0.875. The van der Waals surface area contributed by atoms with Gasteiger partial charge in [-0.1, -0.05) is 31.9 Å². The molecule has 2 aliphatic rings. The minimum Gasteiger partial charge on any atom is -0.381 e. The zero-order valence-corrected chi connectivity index (χ0v) is 11.9. The standard InChI is InChI=1S/C16H29NO/c1-14-7-2-3-8-15(14)13-18-12-6-11-17-16-9-4-5-10-16/h2-3,14-17H,4-13H2,1H3. The SMILES string of the molecule is CC1CC=CCC1COCCCNC1CCCC1. The van der Waals surface area contributed by atoms with Gasteiger partial charge < -0.3 is 10.1 Å². The van der Waals surface area contributed by atoms with Gasteiger partial charge >= 0.3 is 0 Å². The second-order valence-corrected chi connectivity index (χ2v) is 6.04. The summed E-state index contributed by atoms with van der Waals surface area (Å²) < 4.78 is 5.83. The van der Waals surface area contributed by atoms with Gasteiger partial charge in [0.1, 0.15) is 0 Å². The number of hydrogen-bond acceptors (Lipinski definition) is 2. The summed E-state index contributed by atoms with van der Waals surface area (Å²) in [6.07, 6.45) is 13.8. The van der Waals surface area contributed by atoms with Crippen LogP contribution >= 0.6 is 0 Å². The summed E-state index contributed by atoms with van der Waals surface area (Å²) in [5.41, 5.74) is 0. The van der Waals surface area contributed by atoms with E-state index in [1.807, 2.05) is 0 Å². The van der Waals surface area contributed by atoms with E-state index in [0.717, 1.165) is 44.1 Å². The lowest BCUT2D eigenvalue weighted by Gasteiger charge is -2.25. The highest BCUT2D eigenvalue weighted by atomic mass is 16.5. The molecule has 0 heterocycles. The summed E-state index contributed by atoms with van der Waals surface area (Å²) in [6.45, 7) is 5.35. The van der Waals surface area contributed by atoms with Gasteiger partial charge in [-0.25, -0.2) is 0 Å². The van der Waals surface area contributed by atoms with Crippen molar-refractivity contribution in [1.82, 2.24) is 5.32 Å². The molecule has 0 aromatic heterocycles. The summed E-state index contributed by atoms with van der Waals surface area (Å²) in [7, 11) is 0. The van der Waals surface area contributed by atoms with Crippen molar-refractivity contribution < 1.29 is 4.74 Å². The van der Waals surface area contributed by atoms with Crippen LogP contribution in [0.15, 0.2) is 12.2 Å². The summed E-state index contributed by atoms with van der Waals surface area (Å²) in [6, 6.07) is 0.800. The highest BCUT2D eigenvalue weighted by Gasteiger charge is 2.18. The third-order valence-corrected chi connectivity index (χ3v) is 4.50. The molecule has 0 aliphatic heterocycles. The summed E-state index contributed by atoms with van der Waals surface area (Å²) in [4.78, 5) is 0. The average molecular weight is 251 g/mol. The third-order valence-electron chi connectivity index (χ3n) is 4.50. The number of ether oxygens (including phenoxy) is 1. The van der Waals surface area contributed by atoms with Crippen molar-refractivity contribution in [2.45, 2.75) is 57.9 Å². The van der Waals surface area contributed by atoms with Gasteiger partial charge in [0.05, 0.1) is 0 Å². The van der Waals surface area contributed by atoms with E-state index in [4.69, 9.17) is 4.74 Å². The molecule has 1 saturated carbocycles. The number of rotatable bonds is 7. The molecule has 2 nitrogen and oxygen atoms in total. The quantitative estimate of drug-likeness (QED) is 0.552. The van der Waals surface area contributed by atoms with Crippen LogP contribution in [-0.2, 0) is 4.74 Å². The molecule has 2 unspecified atom stereocenters. The first-order valence-electron chi connectivity index (χ1n) is 7.82. The molecule has 2 rings (SSSR count). The van der Waals surface area contributed by atoms with E-state index in [1.165, 1.54) is 38.5 Å². The Labute approximate surface area is 112 Å². The van der Waals surface area contributed by atoms with Crippen LogP contribution < -0.4 is 5.32 Å². The van der Waals surface area contributed by atoms with Gasteiger partial charge in [-0.15, -0.1) is 0 Å². The molecule has 2 heteroatoms. The second-order valence-electron chi connectivity index (χ2n) is 6.04. The van der Waals surface area contributed by atoms with E-state index >= 15 is 0 Å². The van der Waals surface area contributed by atoms with Gasteiger partial charge in [0.25, 0.3) is 0 Å². The van der Waals surface area contributed by atoms with E-state index in [9.17, 15) is 0 Å². The Balaban J connectivity index is 1.44. The molecule has 0 aromatic rings. The molecule has 0 spiro atoms. The average Bonchev–Trinajstić information content (AvgIpc) is 2.89. The maximum absolute atomic E-state index is 5.83. The fourth-order valence-corrected chi connectivity index (χ4v) is 3.08. The highest BCUT2D eigenvalue weighted by Crippen LogP contribution is 2.25. The van der Waals surface area contributed by atoms with E-state index in [0.29, 0.717) is 0 Å². The Bertz CT molecular complexity index is 245. The van der Waals surface area contributed by atoms with Crippen molar-refractivity contribution in [2.75, 3.05) is 19.8 Å². The molecule has 0 bridgehead atoms. The van der Waals surface area contributed by atoms with Crippen LogP contribution in [0, 0.1) is 11.8 Å². The molecule has 18 heavy (non-hydrogen) atoms. The Morgan fingerprint density at radius 3 is 2.72 bits per heavy atom. The van der Waals surface area contributed by atoms with Crippen LogP contribution in [0.4, 0.5) is 0 Å². The van der Waals surface area contributed by atoms with Crippen molar-refractivity contribution in [2.24, 2.45) is 11.8 Å². The first-order chi connectivity index (χ1) is 8.86. The first kappa shape index (κ1) is 14.1. The Morgan fingerprint density at radius 2 is 1.94 bits per heavy atom. The number of allylic oxidation sites excluding steroid dienone is 2. The van der Waals surface area contributed by atoms with Crippen LogP contribution in [-0.4, -0.2) is 25.8 Å². The van der Waals surface area contributed by atoms with Crippen molar-refractivity contribution in [3.8, 4) is 0 Å². The molecule has 0 aromatic carbocycles. The predicted octanol–water partition coefficient (Wildman–Crippen LogP) is 3.53. The molecular weight excluding hydrogens is 222 g/mol. The van der Waals surface area contributed by atoms with Gasteiger partial charge in [-0.2, -0.15) is 0 Å². The first-order valence-corrected chi connectivity index (χ1v) is 7.82. The molecule has 0 amide bonds. The van der Waals surface area contributed by atoms with Crippen LogP contribution in [0.1, 0.15) is 51.9 Å². The maximum atomic E-state index is 5.83. The van der Waals surface area contributed by atoms with Gasteiger partial charge in [0.15, 0.2) is 0 Å². The zero-order chi connectivity index (χ0) is 12.6. The molecule has 104 valence electrons. The molecule has 1 N–H and O–H groups in total. The summed E-state index contributed by atoms with van der Waals surface area (Å²) in [5, 5.41) is 3.64. The normalized spacial score (nSPS) is 28.9. The molecule has 0 radical (unpaired) electrons. The maximum Gasteiger partial charge on any atom is 0.0499 e. The van der Waals surface area contributed by atoms with E-state index < -0.39 is 0 Å². The van der Waals surface area contributed by atoms with Crippen molar-refractivity contribution >= 4 is 0 Å². The molecular formula is C16H29NO. The molecule has 0 saturated heterocycles. The smallest absolute Gasteiger partial charge is 0.0499 e. The van der Waals surface area contributed by atoms with Crippen LogP contribution in [0.5, 0.6) is 0 Å². The van der Waals surface area contributed by atoms with Crippen molar-refractivity contribution in [3.63, 3.8) is 0 Å². The van der Waals surface area contributed by atoms with Crippen molar-refractivity contribution in [1.29, 1.82) is 0 Å². The van der Waals surface area contributed by atoms with E-state index in [1.54, 1.807) is 0 Å². The summed E-state index contributed by atoms with van der Waals surface area (Å²) >= 11 is 0. The second kappa shape index (κ2) is 7.96. The Kier molecular flexibility index (Phi) is 6.22. The van der Waals surface area contributed by atoms with Gasteiger partial charge in [-0.3, -0.25) is 0 Å². The molecule has 2 aliphatic carbocycles. The summed E-state index contributed by atoms with van der Waals surface area (Å²) in [5.74, 6) is 1.55. The topological polar surface area (TPSA) is 21.3 Å². The lowest BCUT2D eigenvalue weighted by Crippen LogP contribution is -2.28. The van der Waals surface area contributed by atoms with Crippen LogP contribution in [0.2, 0.25) is 0 Å². The van der Waals surface area contributed by atoms with Gasteiger partial charge in [0.2, 0.25) is 0 Å². The minimum atomic E-state index is 0.748. The molecule has 2 atom stereocenters. The monoisotopic (exact) mass is 251 g/mol. The largest absolute Gasteiger partial charge is 0.381 e. The predicted molar refractivity (Wildman–Crippen MR) is 76.7 cm³/mol. The minimum absolute atomic E-state index is 0.748. The van der Waals surface area contributed by atoms with E-state index in [-0.39, 0.29) is 0 Å². The van der Waals surface area contributed by atoms with Crippen LogP contribution in [0.25, 0.3) is 0 Å². The molecule has 1 fully saturated rings.